The number of ether oxygens (including phenoxy) is 1. The van der Waals surface area contributed by atoms with E-state index in [4.69, 9.17) is 15.5 Å². The number of morpholine rings is 1. The number of anilines is 2. The van der Waals surface area contributed by atoms with Crippen molar-refractivity contribution in [1.29, 1.82) is 0 Å². The van der Waals surface area contributed by atoms with Crippen LogP contribution in [0, 0.1) is 0 Å². The van der Waals surface area contributed by atoms with Crippen molar-refractivity contribution in [3.63, 3.8) is 0 Å². The second-order valence-corrected chi connectivity index (χ2v) is 8.98. The van der Waals surface area contributed by atoms with Crippen LogP contribution in [0.2, 0.25) is 0 Å². The maximum Gasteiger partial charge on any atom is 0.169 e. The van der Waals surface area contributed by atoms with E-state index in [1.165, 1.54) is 0 Å². The molecule has 0 amide bonds. The number of nitrogens with one attached hydrogen (secondary N) is 2. The number of rotatable bonds is 4. The Kier molecular flexibility index (Phi) is 4.58. The van der Waals surface area contributed by atoms with E-state index >= 15 is 0 Å². The van der Waals surface area contributed by atoms with Crippen molar-refractivity contribution in [2.75, 3.05) is 30.4 Å². The monoisotopic (exact) mass is 480 g/mol. The normalized spacial score (nSPS) is 16.4. The number of aromatic nitrogens is 8. The van der Waals surface area contributed by atoms with Crippen molar-refractivity contribution in [3.05, 3.63) is 61.1 Å². The fraction of sp³-hybridized carbons (Fsp3) is 0.200. The molecular weight excluding hydrogens is 456 g/mol. The second-order valence-electron chi connectivity index (χ2n) is 8.98. The second kappa shape index (κ2) is 7.95. The average Bonchev–Trinajstić information content (AvgIpc) is 3.70. The number of nitrogens with two attached hydrogens (primary N) is 1. The molecule has 5 aromatic heterocycles. The lowest BCUT2D eigenvalue weighted by atomic mass is 10.0. The van der Waals surface area contributed by atoms with Crippen LogP contribution >= 0.6 is 0 Å². The number of hydrogen-bond donors (Lipinski definition) is 3. The number of pyridine rings is 1. The number of nitrogen functional groups attached to an aromatic ring is 1. The van der Waals surface area contributed by atoms with E-state index in [2.05, 4.69) is 72.2 Å². The molecule has 0 radical (unpaired) electrons. The van der Waals surface area contributed by atoms with Gasteiger partial charge >= 0.3 is 0 Å². The van der Waals surface area contributed by atoms with Crippen LogP contribution in [0.15, 0.2) is 61.1 Å². The molecule has 1 aliphatic rings. The first-order valence-electron chi connectivity index (χ1n) is 11.8. The first-order chi connectivity index (χ1) is 17.7. The van der Waals surface area contributed by atoms with Crippen molar-refractivity contribution in [1.82, 2.24) is 39.7 Å². The molecule has 11 nitrogen and oxygen atoms in total. The summed E-state index contributed by atoms with van der Waals surface area (Å²) in [5, 5.41) is 20.7. The Morgan fingerprint density at radius 3 is 2.64 bits per heavy atom. The zero-order chi connectivity index (χ0) is 24.2. The fourth-order valence-electron chi connectivity index (χ4n) is 5.01. The van der Waals surface area contributed by atoms with Crippen molar-refractivity contribution >= 4 is 33.6 Å². The molecule has 0 saturated carbocycles. The Balaban J connectivity index is 1.45. The predicted molar refractivity (Wildman–Crippen MR) is 137 cm³/mol. The highest BCUT2D eigenvalue weighted by Gasteiger charge is 2.25. The van der Waals surface area contributed by atoms with Crippen LogP contribution in [0.4, 0.5) is 11.6 Å². The van der Waals surface area contributed by atoms with Crippen LogP contribution in [-0.2, 0) is 4.74 Å². The van der Waals surface area contributed by atoms with Gasteiger partial charge in [-0.1, -0.05) is 6.07 Å². The SMILES string of the molecule is C[C@@H]1COCCN1c1cc(-c2ccc3c(ccn3-c3ccn[nH]3)c2)c2c(N)nn(-c3ccn[nH]3)c2n1. The van der Waals surface area contributed by atoms with E-state index in [0.29, 0.717) is 30.5 Å². The number of aromatic amines is 2. The molecule has 0 aliphatic carbocycles. The van der Waals surface area contributed by atoms with Gasteiger partial charge in [0, 0.05) is 35.8 Å². The van der Waals surface area contributed by atoms with Crippen LogP contribution in [0.3, 0.4) is 0 Å². The van der Waals surface area contributed by atoms with Gasteiger partial charge in [0.2, 0.25) is 0 Å². The minimum atomic E-state index is 0.198. The molecule has 0 bridgehead atoms. The molecule has 1 aromatic carbocycles. The highest BCUT2D eigenvalue weighted by atomic mass is 16.5. The number of benzene rings is 1. The van der Waals surface area contributed by atoms with Gasteiger partial charge in [0.15, 0.2) is 17.3 Å². The Bertz CT molecular complexity index is 1680. The topological polar surface area (TPSA) is 131 Å². The van der Waals surface area contributed by atoms with Gasteiger partial charge in [-0.3, -0.25) is 10.2 Å². The Morgan fingerprint density at radius 1 is 1.03 bits per heavy atom. The quantitative estimate of drug-likeness (QED) is 0.353. The highest BCUT2D eigenvalue weighted by molar-refractivity contribution is 6.03. The standard InChI is InChI=1S/C25H24N10O/c1-15-14-36-11-10-33(15)22-13-18(23-24(26)32-35(25(23)29-22)21-5-8-28-31-21)16-2-3-19-17(12-16)6-9-34(19)20-4-7-27-30-20/h2-9,12-13,15H,10-11,14H2,1H3,(H2,26,32)(H,27,30)(H,28,31)/t15-/m1/s1. The highest BCUT2D eigenvalue weighted by Crippen LogP contribution is 2.37. The molecule has 1 saturated heterocycles. The molecular formula is C25H24N10O. The Labute approximate surface area is 205 Å². The summed E-state index contributed by atoms with van der Waals surface area (Å²) in [5.41, 5.74) is 10.3. The van der Waals surface area contributed by atoms with Crippen molar-refractivity contribution < 1.29 is 4.74 Å². The van der Waals surface area contributed by atoms with Gasteiger partial charge in [-0.15, -0.1) is 5.10 Å². The molecule has 4 N–H and O–H groups in total. The molecule has 0 unspecified atom stereocenters. The zero-order valence-electron chi connectivity index (χ0n) is 19.6. The van der Waals surface area contributed by atoms with E-state index in [1.807, 2.05) is 18.3 Å². The van der Waals surface area contributed by atoms with Crippen LogP contribution in [0.5, 0.6) is 0 Å². The fourth-order valence-corrected chi connectivity index (χ4v) is 5.01. The van der Waals surface area contributed by atoms with E-state index in [-0.39, 0.29) is 6.04 Å². The van der Waals surface area contributed by atoms with E-state index in [0.717, 1.165) is 45.6 Å². The Hall–Kier alpha value is -4.64. The molecule has 36 heavy (non-hydrogen) atoms. The average molecular weight is 481 g/mol. The van der Waals surface area contributed by atoms with Gasteiger partial charge in [0.1, 0.15) is 11.6 Å². The van der Waals surface area contributed by atoms with Crippen LogP contribution in [0.25, 0.3) is 44.7 Å². The lowest BCUT2D eigenvalue weighted by Crippen LogP contribution is -2.44. The van der Waals surface area contributed by atoms with Gasteiger partial charge in [-0.25, -0.2) is 4.98 Å². The number of hydrogen-bond acceptors (Lipinski definition) is 7. The molecule has 6 heterocycles. The number of H-pyrrole nitrogens is 2. The summed E-state index contributed by atoms with van der Waals surface area (Å²) in [6.07, 6.45) is 5.47. The van der Waals surface area contributed by atoms with Crippen LogP contribution < -0.4 is 10.6 Å². The van der Waals surface area contributed by atoms with Crippen LogP contribution in [-0.4, -0.2) is 65.5 Å². The van der Waals surface area contributed by atoms with Crippen molar-refractivity contribution in [2.45, 2.75) is 13.0 Å². The van der Waals surface area contributed by atoms with Gasteiger partial charge in [0.25, 0.3) is 0 Å². The third-order valence-corrected chi connectivity index (χ3v) is 6.77. The predicted octanol–water partition coefficient (Wildman–Crippen LogP) is 3.28. The first kappa shape index (κ1) is 20.7. The largest absolute Gasteiger partial charge is 0.382 e. The van der Waals surface area contributed by atoms with Gasteiger partial charge < -0.3 is 19.9 Å². The minimum Gasteiger partial charge on any atom is -0.382 e. The lowest BCUT2D eigenvalue weighted by Gasteiger charge is -2.34. The molecule has 1 aliphatic heterocycles. The maximum atomic E-state index is 6.50. The summed E-state index contributed by atoms with van der Waals surface area (Å²) in [6, 6.07) is 14.6. The molecule has 1 atom stereocenters. The first-order valence-corrected chi connectivity index (χ1v) is 11.8. The van der Waals surface area contributed by atoms with Crippen molar-refractivity contribution in [3.8, 4) is 22.8 Å². The molecule has 7 rings (SSSR count). The summed E-state index contributed by atoms with van der Waals surface area (Å²) >= 11 is 0. The summed E-state index contributed by atoms with van der Waals surface area (Å²) in [5.74, 6) is 2.90. The van der Waals surface area contributed by atoms with Gasteiger partial charge in [-0.2, -0.15) is 14.9 Å². The zero-order valence-corrected chi connectivity index (χ0v) is 19.6. The molecule has 6 aromatic rings. The summed E-state index contributed by atoms with van der Waals surface area (Å²) < 4.78 is 9.48. The minimum absolute atomic E-state index is 0.198. The van der Waals surface area contributed by atoms with Crippen LogP contribution in [0.1, 0.15) is 6.92 Å². The van der Waals surface area contributed by atoms with Gasteiger partial charge in [0.05, 0.1) is 42.6 Å². The van der Waals surface area contributed by atoms with E-state index in [1.54, 1.807) is 17.1 Å². The number of nitrogens with zero attached hydrogens (tertiary/aromatic N) is 7. The lowest BCUT2D eigenvalue weighted by molar-refractivity contribution is 0.0986. The van der Waals surface area contributed by atoms with Crippen molar-refractivity contribution in [2.24, 2.45) is 0 Å². The third-order valence-electron chi connectivity index (χ3n) is 6.77. The molecule has 1 fully saturated rings. The molecule has 180 valence electrons. The third kappa shape index (κ3) is 3.17. The Morgan fingerprint density at radius 2 is 1.86 bits per heavy atom. The molecule has 0 spiro atoms. The number of fused-ring (bicyclic) bond motifs is 2. The van der Waals surface area contributed by atoms with E-state index in [9.17, 15) is 0 Å². The maximum absolute atomic E-state index is 6.50. The summed E-state index contributed by atoms with van der Waals surface area (Å²) in [7, 11) is 0. The van der Waals surface area contributed by atoms with Gasteiger partial charge in [-0.05, 0) is 36.8 Å². The summed E-state index contributed by atoms with van der Waals surface area (Å²) in [6.45, 7) is 4.23. The summed E-state index contributed by atoms with van der Waals surface area (Å²) in [4.78, 5) is 7.32. The smallest absolute Gasteiger partial charge is 0.169 e. The molecule has 11 heteroatoms. The van der Waals surface area contributed by atoms with E-state index < -0.39 is 0 Å².